The molecule has 3 aromatic carbocycles. The summed E-state index contributed by atoms with van der Waals surface area (Å²) in [6, 6.07) is 19.8. The monoisotopic (exact) mass is 427 g/mol. The predicted molar refractivity (Wildman–Crippen MR) is 127 cm³/mol. The Bertz CT molecular complexity index is 1350. The third-order valence-corrected chi connectivity index (χ3v) is 6.13. The van der Waals surface area contributed by atoms with Gasteiger partial charge >= 0.3 is 5.63 Å². The van der Waals surface area contributed by atoms with Crippen molar-refractivity contribution in [1.82, 2.24) is 0 Å². The van der Waals surface area contributed by atoms with Gasteiger partial charge in [0.15, 0.2) is 6.73 Å². The lowest BCUT2D eigenvalue weighted by Crippen LogP contribution is -2.33. The molecule has 0 fully saturated rings. The summed E-state index contributed by atoms with van der Waals surface area (Å²) in [7, 11) is 1.64. The van der Waals surface area contributed by atoms with Crippen molar-refractivity contribution in [3.05, 3.63) is 87.8 Å². The van der Waals surface area contributed by atoms with Crippen molar-refractivity contribution in [2.75, 3.05) is 18.7 Å². The van der Waals surface area contributed by atoms with Crippen LogP contribution in [0, 0.1) is 6.92 Å². The third-order valence-electron chi connectivity index (χ3n) is 6.13. The SMILES string of the molecule is CCc1ccccc1N1COc2c(cc3c(-c4ccc(OC)cc4)cc(=O)oc3c2C)C1. The summed E-state index contributed by atoms with van der Waals surface area (Å²) in [5, 5.41) is 0.903. The molecule has 0 radical (unpaired) electrons. The zero-order valence-electron chi connectivity index (χ0n) is 18.5. The largest absolute Gasteiger partial charge is 0.497 e. The van der Waals surface area contributed by atoms with Crippen molar-refractivity contribution in [3.8, 4) is 22.6 Å². The number of ether oxygens (including phenoxy) is 2. The van der Waals surface area contributed by atoms with E-state index < -0.39 is 0 Å². The van der Waals surface area contributed by atoms with Gasteiger partial charge in [-0.3, -0.25) is 0 Å². The van der Waals surface area contributed by atoms with E-state index in [2.05, 4.69) is 42.2 Å². The van der Waals surface area contributed by atoms with E-state index in [4.69, 9.17) is 13.9 Å². The molecule has 32 heavy (non-hydrogen) atoms. The lowest BCUT2D eigenvalue weighted by molar-refractivity contribution is 0.287. The van der Waals surface area contributed by atoms with E-state index >= 15 is 0 Å². The molecule has 2 heterocycles. The molecular formula is C27H25NO4. The van der Waals surface area contributed by atoms with Crippen molar-refractivity contribution in [1.29, 1.82) is 0 Å². The minimum absolute atomic E-state index is 0.374. The molecule has 162 valence electrons. The quantitative estimate of drug-likeness (QED) is 0.391. The number of fused-ring (bicyclic) bond motifs is 2. The van der Waals surface area contributed by atoms with Crippen LogP contribution in [-0.4, -0.2) is 13.8 Å². The highest BCUT2D eigenvalue weighted by atomic mass is 16.5. The van der Waals surface area contributed by atoms with E-state index in [1.54, 1.807) is 13.2 Å². The highest BCUT2D eigenvalue weighted by Gasteiger charge is 2.24. The van der Waals surface area contributed by atoms with Gasteiger partial charge in [0.25, 0.3) is 0 Å². The standard InChI is InChI=1S/C27H25NO4/c1-4-18-7-5-6-8-24(18)28-15-20-13-23-22(19-9-11-21(30-3)12-10-19)14-25(29)32-27(23)17(2)26(20)31-16-28/h5-14H,4,15-16H2,1-3H3. The lowest BCUT2D eigenvalue weighted by atomic mass is 9.96. The average molecular weight is 428 g/mol. The first-order valence-electron chi connectivity index (χ1n) is 10.8. The molecular weight excluding hydrogens is 402 g/mol. The van der Waals surface area contributed by atoms with Crippen LogP contribution >= 0.6 is 0 Å². The first kappa shape index (κ1) is 20.2. The molecule has 0 bridgehead atoms. The summed E-state index contributed by atoms with van der Waals surface area (Å²) >= 11 is 0. The van der Waals surface area contributed by atoms with Crippen LogP contribution in [0.15, 0.2) is 69.9 Å². The van der Waals surface area contributed by atoms with Crippen LogP contribution in [0.1, 0.15) is 23.6 Å². The van der Waals surface area contributed by atoms with E-state index in [9.17, 15) is 4.79 Å². The fourth-order valence-corrected chi connectivity index (χ4v) is 4.50. The minimum atomic E-state index is -0.374. The number of methoxy groups -OCH3 is 1. The van der Waals surface area contributed by atoms with Gasteiger partial charge in [-0.1, -0.05) is 37.3 Å². The number of para-hydroxylation sites is 1. The van der Waals surface area contributed by atoms with Crippen molar-refractivity contribution >= 4 is 16.7 Å². The summed E-state index contributed by atoms with van der Waals surface area (Å²) in [5.41, 5.74) is 6.40. The summed E-state index contributed by atoms with van der Waals surface area (Å²) in [6.45, 7) is 5.30. The molecule has 0 amide bonds. The summed E-state index contributed by atoms with van der Waals surface area (Å²) in [6.07, 6.45) is 0.961. The van der Waals surface area contributed by atoms with Crippen molar-refractivity contribution in [3.63, 3.8) is 0 Å². The molecule has 5 nitrogen and oxygen atoms in total. The number of hydrogen-bond donors (Lipinski definition) is 0. The number of aryl methyl sites for hydroxylation is 2. The third kappa shape index (κ3) is 3.40. The van der Waals surface area contributed by atoms with E-state index in [0.717, 1.165) is 52.1 Å². The fourth-order valence-electron chi connectivity index (χ4n) is 4.50. The van der Waals surface area contributed by atoms with Gasteiger partial charge in [0, 0.05) is 34.8 Å². The Balaban J connectivity index is 1.65. The molecule has 0 spiro atoms. The summed E-state index contributed by atoms with van der Waals surface area (Å²) in [4.78, 5) is 14.6. The Kier molecular flexibility index (Phi) is 5.10. The van der Waals surface area contributed by atoms with Crippen LogP contribution < -0.4 is 20.0 Å². The first-order chi connectivity index (χ1) is 15.6. The normalized spacial score (nSPS) is 13.0. The Morgan fingerprint density at radius 2 is 1.84 bits per heavy atom. The van der Waals surface area contributed by atoms with Gasteiger partial charge in [0.05, 0.1) is 7.11 Å². The minimum Gasteiger partial charge on any atom is -0.497 e. The first-order valence-corrected chi connectivity index (χ1v) is 10.8. The van der Waals surface area contributed by atoms with Gasteiger partial charge in [-0.25, -0.2) is 4.79 Å². The van der Waals surface area contributed by atoms with Gasteiger partial charge in [-0.2, -0.15) is 0 Å². The van der Waals surface area contributed by atoms with Crippen LogP contribution in [0.2, 0.25) is 0 Å². The van der Waals surface area contributed by atoms with E-state index in [1.165, 1.54) is 11.3 Å². The second kappa shape index (κ2) is 8.08. The Hall–Kier alpha value is -3.73. The van der Waals surface area contributed by atoms with Gasteiger partial charge in [-0.05, 0) is 54.3 Å². The number of rotatable bonds is 4. The topological polar surface area (TPSA) is 51.9 Å². The van der Waals surface area contributed by atoms with Crippen LogP contribution in [0.3, 0.4) is 0 Å². The Morgan fingerprint density at radius 3 is 2.59 bits per heavy atom. The number of nitrogens with zero attached hydrogens (tertiary/aromatic N) is 1. The smallest absolute Gasteiger partial charge is 0.336 e. The maximum Gasteiger partial charge on any atom is 0.336 e. The molecule has 0 saturated carbocycles. The van der Waals surface area contributed by atoms with Gasteiger partial charge < -0.3 is 18.8 Å². The zero-order chi connectivity index (χ0) is 22.2. The molecule has 1 aromatic heterocycles. The molecule has 0 saturated heterocycles. The van der Waals surface area contributed by atoms with E-state index in [0.29, 0.717) is 12.3 Å². The maximum atomic E-state index is 12.4. The van der Waals surface area contributed by atoms with Crippen molar-refractivity contribution < 1.29 is 13.9 Å². The van der Waals surface area contributed by atoms with Crippen LogP contribution in [0.5, 0.6) is 11.5 Å². The summed E-state index contributed by atoms with van der Waals surface area (Å²) < 4.78 is 17.1. The van der Waals surface area contributed by atoms with E-state index in [1.807, 2.05) is 31.2 Å². The molecule has 5 heteroatoms. The molecule has 4 aromatic rings. The maximum absolute atomic E-state index is 12.4. The molecule has 0 atom stereocenters. The van der Waals surface area contributed by atoms with Gasteiger partial charge in [0.2, 0.25) is 0 Å². The zero-order valence-corrected chi connectivity index (χ0v) is 18.5. The van der Waals surface area contributed by atoms with Crippen LogP contribution in [0.4, 0.5) is 5.69 Å². The second-order valence-electron chi connectivity index (χ2n) is 8.03. The lowest BCUT2D eigenvalue weighted by Gasteiger charge is -2.33. The second-order valence-corrected chi connectivity index (χ2v) is 8.03. The fraction of sp³-hybridized carbons (Fsp3) is 0.222. The molecule has 1 aliphatic heterocycles. The highest BCUT2D eigenvalue weighted by molar-refractivity contribution is 5.96. The molecule has 0 aliphatic carbocycles. The van der Waals surface area contributed by atoms with Crippen LogP contribution in [0.25, 0.3) is 22.1 Å². The molecule has 0 N–H and O–H groups in total. The summed E-state index contributed by atoms with van der Waals surface area (Å²) in [5.74, 6) is 1.57. The van der Waals surface area contributed by atoms with Gasteiger partial charge in [-0.15, -0.1) is 0 Å². The molecule has 1 aliphatic rings. The van der Waals surface area contributed by atoms with E-state index in [-0.39, 0.29) is 5.63 Å². The Morgan fingerprint density at radius 1 is 1.06 bits per heavy atom. The van der Waals surface area contributed by atoms with Gasteiger partial charge in [0.1, 0.15) is 17.1 Å². The highest BCUT2D eigenvalue weighted by Crippen LogP contribution is 2.39. The molecule has 0 unspecified atom stereocenters. The Labute approximate surface area is 186 Å². The van der Waals surface area contributed by atoms with Crippen LogP contribution in [-0.2, 0) is 13.0 Å². The number of benzene rings is 3. The van der Waals surface area contributed by atoms with Crippen molar-refractivity contribution in [2.45, 2.75) is 26.8 Å². The average Bonchev–Trinajstić information content (AvgIpc) is 2.84. The molecule has 5 rings (SSSR count). The number of anilines is 1. The number of hydrogen-bond acceptors (Lipinski definition) is 5. The van der Waals surface area contributed by atoms with Crippen molar-refractivity contribution in [2.24, 2.45) is 0 Å². The predicted octanol–water partition coefficient (Wildman–Crippen LogP) is 5.70.